The van der Waals surface area contributed by atoms with E-state index in [1.165, 1.54) is 17.8 Å². The Labute approximate surface area is 132 Å². The Bertz CT molecular complexity index is 910. The van der Waals surface area contributed by atoms with Crippen LogP contribution < -0.4 is 16.0 Å². The van der Waals surface area contributed by atoms with E-state index in [0.29, 0.717) is 5.56 Å². The minimum Gasteiger partial charge on any atom is -0.318 e. The number of fused-ring (bicyclic) bond motifs is 1. The van der Waals surface area contributed by atoms with Crippen LogP contribution in [0.15, 0.2) is 23.1 Å². The number of primary sulfonamides is 1. The molecule has 0 fully saturated rings. The summed E-state index contributed by atoms with van der Waals surface area (Å²) < 4.78 is 50.1. The van der Waals surface area contributed by atoms with Crippen molar-refractivity contribution >= 4 is 20.8 Å². The van der Waals surface area contributed by atoms with Gasteiger partial charge in [0, 0.05) is 25.8 Å². The van der Waals surface area contributed by atoms with E-state index in [1.807, 2.05) is 0 Å². The molecule has 0 amide bonds. The Morgan fingerprint density at radius 3 is 2.39 bits per heavy atom. The minimum absolute atomic E-state index is 0.0593. The van der Waals surface area contributed by atoms with Gasteiger partial charge in [0.1, 0.15) is 0 Å². The van der Waals surface area contributed by atoms with Crippen molar-refractivity contribution in [2.45, 2.75) is 13.0 Å². The summed E-state index contributed by atoms with van der Waals surface area (Å²) in [5.41, 5.74) is 0.106. The standard InChI is InChI=1S/C14H17F2N3O3S/c1-8(18-3-4-23(17,21)22)11-7-19(2)14(20)10-6-13(16)12(15)5-9(10)11/h5-8,18H,3-4H2,1-2H3,(H2,17,21,22). The molecule has 1 aromatic carbocycles. The number of nitrogens with one attached hydrogen (secondary N) is 1. The molecule has 0 aliphatic rings. The highest BCUT2D eigenvalue weighted by Gasteiger charge is 2.16. The molecule has 0 spiro atoms. The second-order valence-electron chi connectivity index (χ2n) is 5.36. The number of aryl methyl sites for hydroxylation is 1. The van der Waals surface area contributed by atoms with Gasteiger partial charge in [0.05, 0.1) is 11.1 Å². The molecule has 3 N–H and O–H groups in total. The van der Waals surface area contributed by atoms with Gasteiger partial charge < -0.3 is 9.88 Å². The van der Waals surface area contributed by atoms with E-state index in [0.717, 1.165) is 12.1 Å². The van der Waals surface area contributed by atoms with Gasteiger partial charge in [-0.05, 0) is 30.0 Å². The predicted molar refractivity (Wildman–Crippen MR) is 83.5 cm³/mol. The Balaban J connectivity index is 2.45. The number of hydrogen-bond donors (Lipinski definition) is 2. The summed E-state index contributed by atoms with van der Waals surface area (Å²) in [6.45, 7) is 1.82. The molecule has 0 radical (unpaired) electrons. The molecular weight excluding hydrogens is 328 g/mol. The van der Waals surface area contributed by atoms with E-state index in [2.05, 4.69) is 5.32 Å². The zero-order valence-electron chi connectivity index (χ0n) is 12.6. The van der Waals surface area contributed by atoms with Crippen LogP contribution in [0.5, 0.6) is 0 Å². The molecule has 126 valence electrons. The number of aromatic nitrogens is 1. The average Bonchev–Trinajstić information content (AvgIpc) is 2.43. The monoisotopic (exact) mass is 345 g/mol. The van der Waals surface area contributed by atoms with Crippen molar-refractivity contribution < 1.29 is 17.2 Å². The van der Waals surface area contributed by atoms with Crippen LogP contribution in [-0.4, -0.2) is 25.3 Å². The van der Waals surface area contributed by atoms with E-state index in [-0.39, 0.29) is 23.1 Å². The van der Waals surface area contributed by atoms with Crippen LogP contribution in [0.1, 0.15) is 18.5 Å². The first-order valence-electron chi connectivity index (χ1n) is 6.82. The SMILES string of the molecule is CC(NCCS(N)(=O)=O)c1cn(C)c(=O)c2cc(F)c(F)cc12. The summed E-state index contributed by atoms with van der Waals surface area (Å²) in [6.07, 6.45) is 1.51. The summed E-state index contributed by atoms with van der Waals surface area (Å²) in [4.78, 5) is 12.1. The molecule has 0 bridgehead atoms. The highest BCUT2D eigenvalue weighted by molar-refractivity contribution is 7.89. The van der Waals surface area contributed by atoms with Gasteiger partial charge >= 0.3 is 0 Å². The quantitative estimate of drug-likeness (QED) is 0.836. The van der Waals surface area contributed by atoms with Crippen LogP contribution in [0.3, 0.4) is 0 Å². The predicted octanol–water partition coefficient (Wildman–Crippen LogP) is 0.756. The number of nitrogens with two attached hydrogens (primary N) is 1. The maximum Gasteiger partial charge on any atom is 0.258 e. The van der Waals surface area contributed by atoms with Gasteiger partial charge in [-0.2, -0.15) is 0 Å². The normalized spacial score (nSPS) is 13.4. The molecule has 0 saturated heterocycles. The van der Waals surface area contributed by atoms with Crippen LogP contribution in [0.25, 0.3) is 10.8 Å². The van der Waals surface area contributed by atoms with Gasteiger partial charge in [-0.3, -0.25) is 4.79 Å². The molecule has 1 heterocycles. The summed E-state index contributed by atoms with van der Waals surface area (Å²) in [6, 6.07) is 1.45. The van der Waals surface area contributed by atoms with Crippen molar-refractivity contribution in [3.8, 4) is 0 Å². The van der Waals surface area contributed by atoms with E-state index in [1.54, 1.807) is 6.92 Å². The second-order valence-corrected chi connectivity index (χ2v) is 7.09. The summed E-state index contributed by atoms with van der Waals surface area (Å²) >= 11 is 0. The van der Waals surface area contributed by atoms with Crippen LogP contribution in [0, 0.1) is 11.6 Å². The van der Waals surface area contributed by atoms with Crippen molar-refractivity contribution in [2.75, 3.05) is 12.3 Å². The molecule has 0 aliphatic heterocycles. The molecule has 0 saturated carbocycles. The molecule has 9 heteroatoms. The maximum absolute atomic E-state index is 13.5. The summed E-state index contributed by atoms with van der Waals surface area (Å²) in [5.74, 6) is -2.41. The number of sulfonamides is 1. The minimum atomic E-state index is -3.60. The van der Waals surface area contributed by atoms with Crippen molar-refractivity contribution in [1.82, 2.24) is 9.88 Å². The van der Waals surface area contributed by atoms with Crippen molar-refractivity contribution in [1.29, 1.82) is 0 Å². The summed E-state index contributed by atoms with van der Waals surface area (Å²) in [7, 11) is -2.10. The van der Waals surface area contributed by atoms with Gasteiger partial charge in [-0.15, -0.1) is 0 Å². The van der Waals surface area contributed by atoms with Crippen molar-refractivity contribution in [3.05, 3.63) is 45.9 Å². The molecular formula is C14H17F2N3O3S. The molecule has 1 atom stereocenters. The fourth-order valence-electron chi connectivity index (χ4n) is 2.36. The van der Waals surface area contributed by atoms with Crippen LogP contribution >= 0.6 is 0 Å². The van der Waals surface area contributed by atoms with E-state index in [9.17, 15) is 22.0 Å². The largest absolute Gasteiger partial charge is 0.318 e. The van der Waals surface area contributed by atoms with Gasteiger partial charge in [-0.25, -0.2) is 22.3 Å². The van der Waals surface area contributed by atoms with Crippen LogP contribution in [0.4, 0.5) is 8.78 Å². The lowest BCUT2D eigenvalue weighted by molar-refractivity contribution is 0.510. The smallest absolute Gasteiger partial charge is 0.258 e. The van der Waals surface area contributed by atoms with Crippen molar-refractivity contribution in [3.63, 3.8) is 0 Å². The van der Waals surface area contributed by atoms with Crippen LogP contribution in [0.2, 0.25) is 0 Å². The maximum atomic E-state index is 13.5. The lowest BCUT2D eigenvalue weighted by atomic mass is 10.0. The first kappa shape index (κ1) is 17.5. The zero-order valence-corrected chi connectivity index (χ0v) is 13.5. The van der Waals surface area contributed by atoms with E-state index >= 15 is 0 Å². The third kappa shape index (κ3) is 3.92. The molecule has 1 aromatic heterocycles. The molecule has 0 aliphatic carbocycles. The molecule has 2 aromatic rings. The van der Waals surface area contributed by atoms with Gasteiger partial charge in [0.15, 0.2) is 11.6 Å². The van der Waals surface area contributed by atoms with E-state index < -0.39 is 33.3 Å². The summed E-state index contributed by atoms with van der Waals surface area (Å²) in [5, 5.41) is 8.20. The Morgan fingerprint density at radius 2 is 1.83 bits per heavy atom. The van der Waals surface area contributed by atoms with Crippen LogP contribution in [-0.2, 0) is 17.1 Å². The first-order chi connectivity index (χ1) is 10.6. The molecule has 6 nitrogen and oxygen atoms in total. The zero-order chi connectivity index (χ0) is 17.4. The van der Waals surface area contributed by atoms with Gasteiger partial charge in [0.2, 0.25) is 10.0 Å². The topological polar surface area (TPSA) is 94.2 Å². The fraction of sp³-hybridized carbons (Fsp3) is 0.357. The first-order valence-corrected chi connectivity index (χ1v) is 8.54. The number of pyridine rings is 1. The van der Waals surface area contributed by atoms with Gasteiger partial charge in [-0.1, -0.05) is 0 Å². The van der Waals surface area contributed by atoms with E-state index in [4.69, 9.17) is 5.14 Å². The lowest BCUT2D eigenvalue weighted by Gasteiger charge is -2.17. The molecule has 2 rings (SSSR count). The Morgan fingerprint density at radius 1 is 1.26 bits per heavy atom. The van der Waals surface area contributed by atoms with Gasteiger partial charge in [0.25, 0.3) is 5.56 Å². The number of hydrogen-bond acceptors (Lipinski definition) is 4. The number of rotatable bonds is 5. The number of nitrogens with zero attached hydrogens (tertiary/aromatic N) is 1. The molecule has 23 heavy (non-hydrogen) atoms. The highest BCUT2D eigenvalue weighted by atomic mass is 32.2. The number of benzene rings is 1. The Kier molecular flexibility index (Phi) is 4.83. The highest BCUT2D eigenvalue weighted by Crippen LogP contribution is 2.24. The third-order valence-electron chi connectivity index (χ3n) is 3.56. The fourth-order valence-corrected chi connectivity index (χ4v) is 2.76. The van der Waals surface area contributed by atoms with Crippen molar-refractivity contribution in [2.24, 2.45) is 12.2 Å². The Hall–Kier alpha value is -1.84. The average molecular weight is 345 g/mol. The second kappa shape index (κ2) is 6.34. The number of halogens is 2. The molecule has 1 unspecified atom stereocenters. The lowest BCUT2D eigenvalue weighted by Crippen LogP contribution is -2.30. The third-order valence-corrected chi connectivity index (χ3v) is 4.33.